The van der Waals surface area contributed by atoms with Gasteiger partial charge in [0.15, 0.2) is 6.61 Å². The molecule has 2 fully saturated rings. The number of esters is 1. The molecule has 27 heavy (non-hydrogen) atoms. The lowest BCUT2D eigenvalue weighted by Gasteiger charge is -2.31. The molecule has 0 aliphatic carbocycles. The van der Waals surface area contributed by atoms with Crippen molar-refractivity contribution in [3.05, 3.63) is 29.8 Å². The second-order valence-electron chi connectivity index (χ2n) is 6.82. The summed E-state index contributed by atoms with van der Waals surface area (Å²) in [6.07, 6.45) is 2.55. The Morgan fingerprint density at radius 3 is 2.63 bits per heavy atom. The molecule has 144 valence electrons. The van der Waals surface area contributed by atoms with Crippen molar-refractivity contribution in [1.29, 1.82) is 0 Å². The molecule has 0 radical (unpaired) electrons. The predicted molar refractivity (Wildman–Crippen MR) is 96.8 cm³/mol. The van der Waals surface area contributed by atoms with Crippen LogP contribution in [0.2, 0.25) is 0 Å². The van der Waals surface area contributed by atoms with E-state index in [-0.39, 0.29) is 29.8 Å². The maximum atomic E-state index is 12.5. The molecule has 2 saturated heterocycles. The minimum atomic E-state index is -0.651. The fourth-order valence-corrected chi connectivity index (χ4v) is 3.52. The Labute approximate surface area is 157 Å². The Morgan fingerprint density at radius 1 is 1.15 bits per heavy atom. The van der Waals surface area contributed by atoms with E-state index in [1.165, 1.54) is 4.90 Å². The molecule has 0 spiro atoms. The van der Waals surface area contributed by atoms with Gasteiger partial charge in [-0.2, -0.15) is 0 Å². The number of rotatable bonds is 5. The highest BCUT2D eigenvalue weighted by atomic mass is 16.5. The van der Waals surface area contributed by atoms with E-state index < -0.39 is 18.5 Å². The first kappa shape index (κ1) is 18.9. The van der Waals surface area contributed by atoms with Crippen molar-refractivity contribution in [3.8, 4) is 0 Å². The molecule has 1 aromatic carbocycles. The third kappa shape index (κ3) is 4.27. The number of para-hydroxylation sites is 1. The molecule has 8 nitrogen and oxygen atoms in total. The Balaban J connectivity index is 1.62. The van der Waals surface area contributed by atoms with Gasteiger partial charge >= 0.3 is 5.97 Å². The molecule has 2 aliphatic rings. The molecule has 0 unspecified atom stereocenters. The van der Waals surface area contributed by atoms with E-state index in [4.69, 9.17) is 10.5 Å². The fourth-order valence-electron chi connectivity index (χ4n) is 3.52. The monoisotopic (exact) mass is 373 g/mol. The number of nitrogens with two attached hydrogens (primary N) is 1. The number of amides is 3. The summed E-state index contributed by atoms with van der Waals surface area (Å²) in [5.74, 6) is -1.82. The summed E-state index contributed by atoms with van der Waals surface area (Å²) in [7, 11) is 0. The molecule has 2 heterocycles. The van der Waals surface area contributed by atoms with Crippen molar-refractivity contribution in [2.24, 2.45) is 11.7 Å². The quantitative estimate of drug-likeness (QED) is 0.764. The van der Waals surface area contributed by atoms with Gasteiger partial charge in [-0.15, -0.1) is 0 Å². The van der Waals surface area contributed by atoms with Crippen molar-refractivity contribution < 1.29 is 23.9 Å². The smallest absolute Gasteiger partial charge is 0.340 e. The van der Waals surface area contributed by atoms with Gasteiger partial charge in [0.25, 0.3) is 5.91 Å². The van der Waals surface area contributed by atoms with Gasteiger partial charge < -0.3 is 20.3 Å². The molecule has 0 bridgehead atoms. The second-order valence-corrected chi connectivity index (χ2v) is 6.82. The number of ether oxygens (including phenoxy) is 1. The van der Waals surface area contributed by atoms with E-state index in [1.54, 1.807) is 29.2 Å². The van der Waals surface area contributed by atoms with Gasteiger partial charge in [0.2, 0.25) is 11.8 Å². The molecule has 0 aromatic heterocycles. The van der Waals surface area contributed by atoms with Gasteiger partial charge in [0, 0.05) is 26.1 Å². The van der Waals surface area contributed by atoms with E-state index in [0.717, 1.165) is 6.42 Å². The molecule has 0 saturated carbocycles. The van der Waals surface area contributed by atoms with Crippen LogP contribution in [0.3, 0.4) is 0 Å². The largest absolute Gasteiger partial charge is 0.452 e. The average molecular weight is 373 g/mol. The lowest BCUT2D eigenvalue weighted by atomic mass is 9.97. The predicted octanol–water partition coefficient (Wildman–Crippen LogP) is 0.694. The van der Waals surface area contributed by atoms with Gasteiger partial charge in [-0.3, -0.25) is 14.4 Å². The molecular weight excluding hydrogens is 350 g/mol. The van der Waals surface area contributed by atoms with Crippen LogP contribution < -0.4 is 10.6 Å². The normalized spacial score (nSPS) is 19.9. The van der Waals surface area contributed by atoms with Gasteiger partial charge in [-0.25, -0.2) is 4.79 Å². The SMILES string of the molecule is NC(=O)[C@H]1CCCN(C(=O)COC(=O)c2ccccc2N2CCCC2=O)C1. The zero-order valence-electron chi connectivity index (χ0n) is 15.1. The molecule has 1 atom stereocenters. The Kier molecular flexibility index (Phi) is 5.73. The highest BCUT2D eigenvalue weighted by Crippen LogP contribution is 2.26. The number of anilines is 1. The first-order valence-corrected chi connectivity index (χ1v) is 9.11. The van der Waals surface area contributed by atoms with Crippen LogP contribution in [-0.2, 0) is 19.1 Å². The molecule has 2 aliphatic heterocycles. The summed E-state index contributed by atoms with van der Waals surface area (Å²) in [5, 5.41) is 0. The number of likely N-dealkylation sites (tertiary alicyclic amines) is 1. The molecule has 3 amide bonds. The maximum Gasteiger partial charge on any atom is 0.340 e. The Bertz CT molecular complexity index is 763. The van der Waals surface area contributed by atoms with Gasteiger partial charge in [0.05, 0.1) is 17.2 Å². The summed E-state index contributed by atoms with van der Waals surface area (Å²) in [6.45, 7) is 0.917. The minimum absolute atomic E-state index is 0.0304. The van der Waals surface area contributed by atoms with Crippen LogP contribution in [0.15, 0.2) is 24.3 Å². The maximum absolute atomic E-state index is 12.5. The number of benzene rings is 1. The highest BCUT2D eigenvalue weighted by molar-refractivity contribution is 6.03. The lowest BCUT2D eigenvalue weighted by molar-refractivity contribution is -0.137. The fraction of sp³-hybridized carbons (Fsp3) is 0.474. The van der Waals surface area contributed by atoms with Gasteiger partial charge in [-0.05, 0) is 31.4 Å². The topological polar surface area (TPSA) is 110 Å². The van der Waals surface area contributed by atoms with Crippen molar-refractivity contribution in [1.82, 2.24) is 4.90 Å². The standard InChI is InChI=1S/C19H23N3O5/c20-18(25)13-5-3-9-21(11-13)17(24)12-27-19(26)14-6-1-2-7-15(14)22-10-4-8-16(22)23/h1-2,6-7,13H,3-5,8-12H2,(H2,20,25)/t13-/m0/s1. The number of carbonyl (C=O) groups excluding carboxylic acids is 4. The summed E-state index contributed by atoms with van der Waals surface area (Å²) >= 11 is 0. The highest BCUT2D eigenvalue weighted by Gasteiger charge is 2.29. The Morgan fingerprint density at radius 2 is 1.93 bits per heavy atom. The molecular formula is C19H23N3O5. The van der Waals surface area contributed by atoms with E-state index in [2.05, 4.69) is 0 Å². The van der Waals surface area contributed by atoms with Crippen molar-refractivity contribution in [2.45, 2.75) is 25.7 Å². The number of piperidine rings is 1. The summed E-state index contributed by atoms with van der Waals surface area (Å²) in [6, 6.07) is 6.71. The first-order chi connectivity index (χ1) is 13.0. The second kappa shape index (κ2) is 8.20. The number of primary amides is 1. The van der Waals surface area contributed by atoms with E-state index in [9.17, 15) is 19.2 Å². The van der Waals surface area contributed by atoms with Crippen LogP contribution >= 0.6 is 0 Å². The van der Waals surface area contributed by atoms with Crippen LogP contribution in [0.4, 0.5) is 5.69 Å². The molecule has 2 N–H and O–H groups in total. The van der Waals surface area contributed by atoms with Crippen LogP contribution in [-0.4, -0.2) is 54.8 Å². The number of hydrogen-bond donors (Lipinski definition) is 1. The van der Waals surface area contributed by atoms with E-state index in [0.29, 0.717) is 38.0 Å². The average Bonchev–Trinajstić information content (AvgIpc) is 3.11. The van der Waals surface area contributed by atoms with Gasteiger partial charge in [-0.1, -0.05) is 12.1 Å². The van der Waals surface area contributed by atoms with Crippen LogP contribution in [0.1, 0.15) is 36.0 Å². The van der Waals surface area contributed by atoms with E-state index >= 15 is 0 Å². The summed E-state index contributed by atoms with van der Waals surface area (Å²) in [4.78, 5) is 51.2. The molecule has 1 aromatic rings. The summed E-state index contributed by atoms with van der Waals surface area (Å²) in [5.41, 5.74) is 6.08. The van der Waals surface area contributed by atoms with Gasteiger partial charge in [0.1, 0.15) is 0 Å². The van der Waals surface area contributed by atoms with E-state index in [1.807, 2.05) is 0 Å². The van der Waals surface area contributed by atoms with Crippen molar-refractivity contribution in [2.75, 3.05) is 31.1 Å². The Hall–Kier alpha value is -2.90. The number of carbonyl (C=O) groups is 4. The number of hydrogen-bond acceptors (Lipinski definition) is 5. The first-order valence-electron chi connectivity index (χ1n) is 9.11. The number of nitrogens with zero attached hydrogens (tertiary/aromatic N) is 2. The van der Waals surface area contributed by atoms with Crippen LogP contribution in [0.5, 0.6) is 0 Å². The zero-order valence-corrected chi connectivity index (χ0v) is 15.1. The third-order valence-electron chi connectivity index (χ3n) is 4.99. The molecule has 8 heteroatoms. The lowest BCUT2D eigenvalue weighted by Crippen LogP contribution is -2.45. The third-order valence-corrected chi connectivity index (χ3v) is 4.99. The summed E-state index contributed by atoms with van der Waals surface area (Å²) < 4.78 is 5.19. The minimum Gasteiger partial charge on any atom is -0.452 e. The van der Waals surface area contributed by atoms with Crippen LogP contribution in [0, 0.1) is 5.92 Å². The zero-order chi connectivity index (χ0) is 19.4. The van der Waals surface area contributed by atoms with Crippen molar-refractivity contribution in [3.63, 3.8) is 0 Å². The molecule has 3 rings (SSSR count). The van der Waals surface area contributed by atoms with Crippen molar-refractivity contribution >= 4 is 29.4 Å². The van der Waals surface area contributed by atoms with Crippen LogP contribution in [0.25, 0.3) is 0 Å².